The Kier molecular flexibility index (Phi) is 4.67. The summed E-state index contributed by atoms with van der Waals surface area (Å²) in [6.45, 7) is 2.75. The maximum atomic E-state index is 12.3. The van der Waals surface area contributed by atoms with E-state index in [1.54, 1.807) is 12.1 Å². The number of carbonyl (C=O) groups is 2. The molecule has 3 rings (SSSR count). The van der Waals surface area contributed by atoms with Gasteiger partial charge in [-0.1, -0.05) is 37.2 Å². The van der Waals surface area contributed by atoms with E-state index >= 15 is 0 Å². The smallest absolute Gasteiger partial charge is 0.256 e. The summed E-state index contributed by atoms with van der Waals surface area (Å²) in [5.74, 6) is -0.252. The number of amides is 2. The summed E-state index contributed by atoms with van der Waals surface area (Å²) in [6.07, 6.45) is 1.99. The minimum Gasteiger partial charge on any atom is -0.352 e. The molecule has 5 heteroatoms. The van der Waals surface area contributed by atoms with E-state index < -0.39 is 0 Å². The third kappa shape index (κ3) is 3.40. The van der Waals surface area contributed by atoms with Crippen molar-refractivity contribution in [1.82, 2.24) is 5.32 Å². The van der Waals surface area contributed by atoms with Gasteiger partial charge in [-0.05, 0) is 36.8 Å². The molecule has 0 saturated heterocycles. The van der Waals surface area contributed by atoms with Gasteiger partial charge < -0.3 is 10.6 Å². The zero-order chi connectivity index (χ0) is 16.2. The molecule has 2 N–H and O–H groups in total. The highest BCUT2D eigenvalue weighted by atomic mass is 32.2. The lowest BCUT2D eigenvalue weighted by Gasteiger charge is -2.09. The minimum atomic E-state index is -0.143. The van der Waals surface area contributed by atoms with Gasteiger partial charge >= 0.3 is 0 Å². The number of anilines is 1. The van der Waals surface area contributed by atoms with E-state index in [0.29, 0.717) is 23.4 Å². The summed E-state index contributed by atoms with van der Waals surface area (Å²) < 4.78 is 0. The van der Waals surface area contributed by atoms with Gasteiger partial charge in [0.25, 0.3) is 11.8 Å². The van der Waals surface area contributed by atoms with Crippen molar-refractivity contribution in [3.63, 3.8) is 0 Å². The van der Waals surface area contributed by atoms with E-state index in [-0.39, 0.29) is 11.8 Å². The average Bonchev–Trinajstić information content (AvgIpc) is 2.70. The predicted molar refractivity (Wildman–Crippen MR) is 92.2 cm³/mol. The van der Waals surface area contributed by atoms with Crippen molar-refractivity contribution < 1.29 is 9.59 Å². The minimum absolute atomic E-state index is 0.109. The summed E-state index contributed by atoms with van der Waals surface area (Å²) >= 11 is 1.53. The maximum Gasteiger partial charge on any atom is 0.256 e. The molecule has 2 amide bonds. The maximum absolute atomic E-state index is 12.3. The van der Waals surface area contributed by atoms with Crippen LogP contribution in [0.25, 0.3) is 0 Å². The Morgan fingerprint density at radius 1 is 1.17 bits per heavy atom. The summed E-state index contributed by atoms with van der Waals surface area (Å²) in [7, 11) is 0. The van der Waals surface area contributed by atoms with Crippen molar-refractivity contribution in [3.05, 3.63) is 53.6 Å². The molecular formula is C18H18N2O2S. The molecule has 4 nitrogen and oxygen atoms in total. The quantitative estimate of drug-likeness (QED) is 0.837. The number of nitrogens with one attached hydrogen (secondary N) is 2. The Bertz CT molecular complexity index is 758. The standard InChI is InChI=1S/C18H18N2O2S/c1-2-3-10-19-17(21)12-8-9-16-14(11-12)20-18(22)13-6-4-5-7-15(13)23-16/h4-9,11H,2-3,10H2,1H3,(H,19,21)(H,20,22). The fraction of sp³-hybridized carbons (Fsp3) is 0.222. The molecule has 0 fully saturated rings. The number of carbonyl (C=O) groups excluding carboxylic acids is 2. The Morgan fingerprint density at radius 3 is 2.83 bits per heavy atom. The van der Waals surface area contributed by atoms with Crippen LogP contribution in [0.1, 0.15) is 40.5 Å². The molecular weight excluding hydrogens is 308 g/mol. The van der Waals surface area contributed by atoms with E-state index in [9.17, 15) is 9.59 Å². The zero-order valence-electron chi connectivity index (χ0n) is 12.9. The fourth-order valence-electron chi connectivity index (χ4n) is 2.39. The predicted octanol–water partition coefficient (Wildman–Crippen LogP) is 3.93. The largest absolute Gasteiger partial charge is 0.352 e. The lowest BCUT2D eigenvalue weighted by Crippen LogP contribution is -2.24. The van der Waals surface area contributed by atoms with E-state index in [0.717, 1.165) is 22.6 Å². The monoisotopic (exact) mass is 326 g/mol. The highest BCUT2D eigenvalue weighted by Gasteiger charge is 2.20. The first-order valence-electron chi connectivity index (χ1n) is 7.69. The van der Waals surface area contributed by atoms with E-state index in [2.05, 4.69) is 17.6 Å². The molecule has 1 aliphatic heterocycles. The SMILES string of the molecule is CCCCNC(=O)c1ccc2c(c1)NC(=O)c1ccccc1S2. The van der Waals surface area contributed by atoms with Crippen LogP contribution in [0.2, 0.25) is 0 Å². The first-order valence-corrected chi connectivity index (χ1v) is 8.51. The highest BCUT2D eigenvalue weighted by Crippen LogP contribution is 2.38. The topological polar surface area (TPSA) is 58.2 Å². The van der Waals surface area contributed by atoms with Crippen LogP contribution in [-0.2, 0) is 0 Å². The summed E-state index contributed by atoms with van der Waals surface area (Å²) in [4.78, 5) is 26.4. The van der Waals surface area contributed by atoms with Gasteiger partial charge in [0.1, 0.15) is 0 Å². The first-order chi connectivity index (χ1) is 11.2. The molecule has 0 radical (unpaired) electrons. The van der Waals surface area contributed by atoms with Crippen molar-refractivity contribution in [2.45, 2.75) is 29.6 Å². The second-order valence-electron chi connectivity index (χ2n) is 5.37. The van der Waals surface area contributed by atoms with E-state index in [1.807, 2.05) is 30.3 Å². The normalized spacial score (nSPS) is 12.7. The molecule has 2 aromatic rings. The van der Waals surface area contributed by atoms with Crippen LogP contribution in [0.15, 0.2) is 52.3 Å². The number of hydrogen-bond acceptors (Lipinski definition) is 3. The molecule has 0 aliphatic carbocycles. The lowest BCUT2D eigenvalue weighted by atomic mass is 10.1. The molecule has 118 valence electrons. The van der Waals surface area contributed by atoms with Crippen LogP contribution in [0.3, 0.4) is 0 Å². The molecule has 0 atom stereocenters. The third-order valence-electron chi connectivity index (χ3n) is 3.66. The van der Waals surface area contributed by atoms with Crippen LogP contribution in [-0.4, -0.2) is 18.4 Å². The number of unbranched alkanes of at least 4 members (excludes halogenated alkanes) is 1. The molecule has 23 heavy (non-hydrogen) atoms. The number of rotatable bonds is 4. The van der Waals surface area contributed by atoms with E-state index in [1.165, 1.54) is 11.8 Å². The Balaban J connectivity index is 1.86. The molecule has 2 aromatic carbocycles. The van der Waals surface area contributed by atoms with Crippen LogP contribution >= 0.6 is 11.8 Å². The molecule has 1 heterocycles. The molecule has 0 unspecified atom stereocenters. The molecule has 0 aromatic heterocycles. The Labute approximate surface area is 139 Å². The van der Waals surface area contributed by atoms with E-state index in [4.69, 9.17) is 0 Å². The van der Waals surface area contributed by atoms with Gasteiger partial charge in [0.2, 0.25) is 0 Å². The van der Waals surface area contributed by atoms with Crippen LogP contribution < -0.4 is 10.6 Å². The number of hydrogen-bond donors (Lipinski definition) is 2. The molecule has 0 spiro atoms. The number of fused-ring (bicyclic) bond motifs is 2. The van der Waals surface area contributed by atoms with Crippen molar-refractivity contribution in [2.75, 3.05) is 11.9 Å². The van der Waals surface area contributed by atoms with Crippen molar-refractivity contribution in [3.8, 4) is 0 Å². The van der Waals surface area contributed by atoms with Gasteiger partial charge in [-0.25, -0.2) is 0 Å². The molecule has 1 aliphatic rings. The van der Waals surface area contributed by atoms with Gasteiger partial charge in [-0.15, -0.1) is 0 Å². The third-order valence-corrected chi connectivity index (χ3v) is 4.81. The van der Waals surface area contributed by atoms with Gasteiger partial charge in [0, 0.05) is 21.9 Å². The summed E-state index contributed by atoms with van der Waals surface area (Å²) in [6, 6.07) is 12.9. The van der Waals surface area contributed by atoms with Gasteiger partial charge in [-0.3, -0.25) is 9.59 Å². The van der Waals surface area contributed by atoms with Crippen LogP contribution in [0, 0.1) is 0 Å². The van der Waals surface area contributed by atoms with Crippen LogP contribution in [0.4, 0.5) is 5.69 Å². The Hall–Kier alpha value is -2.27. The Morgan fingerprint density at radius 2 is 2.00 bits per heavy atom. The van der Waals surface area contributed by atoms with Crippen molar-refractivity contribution in [1.29, 1.82) is 0 Å². The second kappa shape index (κ2) is 6.87. The average molecular weight is 326 g/mol. The van der Waals surface area contributed by atoms with Gasteiger partial charge in [0.15, 0.2) is 0 Å². The number of benzene rings is 2. The first kappa shape index (κ1) is 15.6. The molecule has 0 bridgehead atoms. The van der Waals surface area contributed by atoms with Gasteiger partial charge in [-0.2, -0.15) is 0 Å². The molecule has 0 saturated carbocycles. The van der Waals surface area contributed by atoms with Gasteiger partial charge in [0.05, 0.1) is 11.3 Å². The van der Waals surface area contributed by atoms with Crippen molar-refractivity contribution >= 4 is 29.3 Å². The summed E-state index contributed by atoms with van der Waals surface area (Å²) in [5.41, 5.74) is 1.90. The van der Waals surface area contributed by atoms with Crippen molar-refractivity contribution in [2.24, 2.45) is 0 Å². The lowest BCUT2D eigenvalue weighted by molar-refractivity contribution is 0.0951. The van der Waals surface area contributed by atoms with Crippen LogP contribution in [0.5, 0.6) is 0 Å². The summed E-state index contributed by atoms with van der Waals surface area (Å²) in [5, 5.41) is 5.79. The highest BCUT2D eigenvalue weighted by molar-refractivity contribution is 7.99. The second-order valence-corrected chi connectivity index (χ2v) is 6.46. The zero-order valence-corrected chi connectivity index (χ0v) is 13.7. The fourth-order valence-corrected chi connectivity index (χ4v) is 3.40.